The smallest absolute Gasteiger partial charge is 0.387 e. The van der Waals surface area contributed by atoms with Crippen molar-refractivity contribution in [1.82, 2.24) is 10.2 Å². The first kappa shape index (κ1) is 18.0. The average molecular weight is 335 g/mol. The number of hydrogen-bond donors (Lipinski definition) is 1. The van der Waals surface area contributed by atoms with E-state index in [0.717, 1.165) is 32.4 Å². The molecule has 2 aliphatic rings. The maximum absolute atomic E-state index is 12.2. The first-order valence-electron chi connectivity index (χ1n) is 8.01. The van der Waals surface area contributed by atoms with Crippen LogP contribution in [0.2, 0.25) is 0 Å². The number of carbonyl (C=O) groups is 1. The summed E-state index contributed by atoms with van der Waals surface area (Å²) in [6.45, 7) is 5.58. The summed E-state index contributed by atoms with van der Waals surface area (Å²) in [5.74, 6) is -0.184. The molecular formula is C15H24F3N3O2. The number of rotatable bonds is 5. The fourth-order valence-electron chi connectivity index (χ4n) is 2.97. The van der Waals surface area contributed by atoms with Crippen molar-refractivity contribution in [2.24, 2.45) is 11.1 Å². The lowest BCUT2D eigenvalue weighted by Gasteiger charge is -2.38. The number of nitrogens with one attached hydrogen (secondary N) is 1. The molecule has 1 saturated heterocycles. The number of piperidine rings is 1. The highest BCUT2D eigenvalue weighted by molar-refractivity contribution is 6.39. The van der Waals surface area contributed by atoms with Crippen LogP contribution >= 0.6 is 0 Å². The van der Waals surface area contributed by atoms with E-state index >= 15 is 0 Å². The minimum atomic E-state index is -4.42. The van der Waals surface area contributed by atoms with Gasteiger partial charge in [-0.15, -0.1) is 0 Å². The molecule has 132 valence electrons. The van der Waals surface area contributed by atoms with Gasteiger partial charge in [-0.2, -0.15) is 13.2 Å². The standard InChI is InChI=1S/C15H24F3N3O2/c1-11(2)4-7-21-6-3-5-14(10-21)8-12(20-23-14)13(22)19-9-15(16,17)18/h11H,3-10H2,1-2H3,(H,19,22)/t14-/m1/s1. The van der Waals surface area contributed by atoms with Gasteiger partial charge in [0, 0.05) is 13.0 Å². The Bertz CT molecular complexity index is 465. The van der Waals surface area contributed by atoms with Crippen molar-refractivity contribution in [3.8, 4) is 0 Å². The minimum Gasteiger partial charge on any atom is -0.387 e. The van der Waals surface area contributed by atoms with Crippen molar-refractivity contribution in [1.29, 1.82) is 0 Å². The molecule has 1 fully saturated rings. The molecule has 0 aromatic heterocycles. The molecule has 0 aliphatic carbocycles. The number of halogens is 3. The van der Waals surface area contributed by atoms with Crippen LogP contribution in [-0.4, -0.2) is 54.5 Å². The summed E-state index contributed by atoms with van der Waals surface area (Å²) >= 11 is 0. The van der Waals surface area contributed by atoms with Crippen LogP contribution in [0.5, 0.6) is 0 Å². The van der Waals surface area contributed by atoms with Crippen LogP contribution in [0.4, 0.5) is 13.2 Å². The fraction of sp³-hybridized carbons (Fsp3) is 0.867. The molecule has 2 aliphatic heterocycles. The van der Waals surface area contributed by atoms with E-state index in [1.165, 1.54) is 0 Å². The normalized spacial score (nSPS) is 25.6. The van der Waals surface area contributed by atoms with Crippen molar-refractivity contribution in [3.05, 3.63) is 0 Å². The van der Waals surface area contributed by atoms with E-state index in [9.17, 15) is 18.0 Å². The lowest BCUT2D eigenvalue weighted by atomic mass is 9.87. The monoisotopic (exact) mass is 335 g/mol. The molecule has 1 amide bonds. The van der Waals surface area contributed by atoms with Crippen LogP contribution in [0, 0.1) is 5.92 Å². The molecule has 5 nitrogen and oxygen atoms in total. The van der Waals surface area contributed by atoms with Gasteiger partial charge in [0.05, 0.1) is 0 Å². The van der Waals surface area contributed by atoms with Crippen molar-refractivity contribution in [3.63, 3.8) is 0 Å². The maximum Gasteiger partial charge on any atom is 0.405 e. The molecule has 1 N–H and O–H groups in total. The lowest BCUT2D eigenvalue weighted by Crippen LogP contribution is -2.49. The zero-order chi connectivity index (χ0) is 17.1. The summed E-state index contributed by atoms with van der Waals surface area (Å²) in [6.07, 6.45) is -1.37. The second-order valence-electron chi connectivity index (χ2n) is 6.85. The number of likely N-dealkylation sites (tertiary alicyclic amines) is 1. The highest BCUT2D eigenvalue weighted by Crippen LogP contribution is 2.33. The lowest BCUT2D eigenvalue weighted by molar-refractivity contribution is -0.134. The van der Waals surface area contributed by atoms with Gasteiger partial charge in [-0.25, -0.2) is 0 Å². The van der Waals surface area contributed by atoms with Gasteiger partial charge in [0.1, 0.15) is 12.3 Å². The Hall–Kier alpha value is -1.31. The molecule has 0 bridgehead atoms. The molecule has 8 heteroatoms. The Morgan fingerprint density at radius 3 is 2.87 bits per heavy atom. The summed E-state index contributed by atoms with van der Waals surface area (Å²) in [5, 5.41) is 5.60. The molecule has 0 saturated carbocycles. The van der Waals surface area contributed by atoms with E-state index in [4.69, 9.17) is 4.84 Å². The van der Waals surface area contributed by atoms with Crippen LogP contribution in [0.15, 0.2) is 5.16 Å². The molecule has 0 unspecified atom stereocenters. The van der Waals surface area contributed by atoms with Gasteiger partial charge in [0.15, 0.2) is 5.60 Å². The largest absolute Gasteiger partial charge is 0.405 e. The number of oxime groups is 1. The van der Waals surface area contributed by atoms with Gasteiger partial charge >= 0.3 is 6.18 Å². The first-order chi connectivity index (χ1) is 10.7. The summed E-state index contributed by atoms with van der Waals surface area (Å²) in [6, 6.07) is 0. The fourth-order valence-corrected chi connectivity index (χ4v) is 2.97. The van der Waals surface area contributed by atoms with Crippen molar-refractivity contribution < 1.29 is 22.8 Å². The molecule has 1 atom stereocenters. The third kappa shape index (κ3) is 5.37. The van der Waals surface area contributed by atoms with Crippen LogP contribution in [0.1, 0.15) is 39.5 Å². The third-order valence-electron chi connectivity index (χ3n) is 4.19. The molecule has 1 spiro atoms. The van der Waals surface area contributed by atoms with E-state index in [-0.39, 0.29) is 12.1 Å². The van der Waals surface area contributed by atoms with Gasteiger partial charge in [-0.3, -0.25) is 9.69 Å². The summed E-state index contributed by atoms with van der Waals surface area (Å²) in [7, 11) is 0. The Kier molecular flexibility index (Phi) is 5.54. The number of carbonyl (C=O) groups excluding carboxylic acids is 1. The average Bonchev–Trinajstić information content (AvgIpc) is 2.85. The Morgan fingerprint density at radius 1 is 1.48 bits per heavy atom. The van der Waals surface area contributed by atoms with E-state index < -0.39 is 24.2 Å². The SMILES string of the molecule is CC(C)CCN1CCC[C@@]2(CC(C(=O)NCC(F)(F)F)=NO2)C1. The zero-order valence-corrected chi connectivity index (χ0v) is 13.6. The second kappa shape index (κ2) is 7.07. The van der Waals surface area contributed by atoms with E-state index in [2.05, 4.69) is 23.9 Å². The van der Waals surface area contributed by atoms with Crippen LogP contribution in [-0.2, 0) is 9.63 Å². The molecular weight excluding hydrogens is 311 g/mol. The zero-order valence-electron chi connectivity index (χ0n) is 13.6. The van der Waals surface area contributed by atoms with Gasteiger partial charge in [-0.05, 0) is 38.3 Å². The number of alkyl halides is 3. The summed E-state index contributed by atoms with van der Waals surface area (Å²) in [5.41, 5.74) is -0.500. The van der Waals surface area contributed by atoms with E-state index in [1.807, 2.05) is 5.32 Å². The Balaban J connectivity index is 1.85. The van der Waals surface area contributed by atoms with Gasteiger partial charge in [0.2, 0.25) is 0 Å². The van der Waals surface area contributed by atoms with Crippen LogP contribution in [0.3, 0.4) is 0 Å². The van der Waals surface area contributed by atoms with Crippen molar-refractivity contribution in [2.75, 3.05) is 26.2 Å². The van der Waals surface area contributed by atoms with Gasteiger partial charge in [0.25, 0.3) is 5.91 Å². The Labute approximate surface area is 134 Å². The van der Waals surface area contributed by atoms with Gasteiger partial charge < -0.3 is 10.2 Å². The molecule has 0 radical (unpaired) electrons. The molecule has 2 rings (SSSR count). The predicted octanol–water partition coefficient (Wildman–Crippen LogP) is 2.32. The molecule has 0 aromatic carbocycles. The molecule has 23 heavy (non-hydrogen) atoms. The summed E-state index contributed by atoms with van der Waals surface area (Å²) in [4.78, 5) is 19.6. The number of hydrogen-bond acceptors (Lipinski definition) is 4. The van der Waals surface area contributed by atoms with E-state index in [1.54, 1.807) is 0 Å². The van der Waals surface area contributed by atoms with Crippen LogP contribution in [0.25, 0.3) is 0 Å². The van der Waals surface area contributed by atoms with E-state index in [0.29, 0.717) is 12.5 Å². The highest BCUT2D eigenvalue weighted by atomic mass is 19.4. The maximum atomic E-state index is 12.2. The van der Waals surface area contributed by atoms with Crippen molar-refractivity contribution >= 4 is 11.6 Å². The molecule has 0 aromatic rings. The molecule has 2 heterocycles. The summed E-state index contributed by atoms with van der Waals surface area (Å²) < 4.78 is 36.5. The van der Waals surface area contributed by atoms with Crippen molar-refractivity contribution in [2.45, 2.75) is 51.3 Å². The number of amides is 1. The predicted molar refractivity (Wildman–Crippen MR) is 80.1 cm³/mol. The van der Waals surface area contributed by atoms with Crippen LogP contribution < -0.4 is 5.32 Å². The number of nitrogens with zero attached hydrogens (tertiary/aromatic N) is 2. The first-order valence-corrected chi connectivity index (χ1v) is 8.01. The Morgan fingerprint density at radius 2 is 2.22 bits per heavy atom. The highest BCUT2D eigenvalue weighted by Gasteiger charge is 2.44. The quantitative estimate of drug-likeness (QED) is 0.839. The minimum absolute atomic E-state index is 0.0555. The third-order valence-corrected chi connectivity index (χ3v) is 4.19. The second-order valence-corrected chi connectivity index (χ2v) is 6.85. The van der Waals surface area contributed by atoms with Gasteiger partial charge in [-0.1, -0.05) is 19.0 Å². The topological polar surface area (TPSA) is 53.9 Å².